The topological polar surface area (TPSA) is 40.5 Å². The van der Waals surface area contributed by atoms with E-state index in [0.29, 0.717) is 6.42 Å². The lowest BCUT2D eigenvalue weighted by Gasteiger charge is -2.35. The number of hydrogen-bond donors (Lipinski definition) is 2. The minimum Gasteiger partial charge on any atom is -0.365 e. The first kappa shape index (κ1) is 25.9. The Kier molecular flexibility index (Phi) is 15.9. The molecule has 2 nitrogen and oxygen atoms in total. The van der Waals surface area contributed by atoms with Crippen molar-refractivity contribution in [3.63, 3.8) is 0 Å². The third-order valence-corrected chi connectivity index (χ3v) is 5.83. The summed E-state index contributed by atoms with van der Waals surface area (Å²) in [5.41, 5.74) is -0.456. The molecule has 0 fully saturated rings. The molecule has 0 rings (SSSR count). The van der Waals surface area contributed by atoms with E-state index in [1.165, 1.54) is 96.3 Å². The van der Waals surface area contributed by atoms with Crippen LogP contribution in [0.3, 0.4) is 0 Å². The molecular formula is C24H50O2. The zero-order valence-corrected chi connectivity index (χ0v) is 18.6. The Bertz CT molecular complexity index is 291. The molecule has 0 atom stereocenters. The van der Waals surface area contributed by atoms with Gasteiger partial charge in [-0.25, -0.2) is 0 Å². The summed E-state index contributed by atoms with van der Waals surface area (Å²) in [7, 11) is 0. The second-order valence-corrected chi connectivity index (χ2v) is 9.47. The van der Waals surface area contributed by atoms with Gasteiger partial charge in [0.15, 0.2) is 5.79 Å². The van der Waals surface area contributed by atoms with Gasteiger partial charge >= 0.3 is 0 Å². The predicted molar refractivity (Wildman–Crippen MR) is 115 cm³/mol. The fourth-order valence-electron chi connectivity index (χ4n) is 3.47. The van der Waals surface area contributed by atoms with E-state index in [1.807, 2.05) is 20.8 Å². The molecule has 0 radical (unpaired) electrons. The van der Waals surface area contributed by atoms with Gasteiger partial charge in [-0.2, -0.15) is 0 Å². The number of aliphatic hydroxyl groups is 2. The molecule has 2 heteroatoms. The summed E-state index contributed by atoms with van der Waals surface area (Å²) in [6.45, 7) is 7.95. The van der Waals surface area contributed by atoms with Crippen molar-refractivity contribution in [1.82, 2.24) is 0 Å². The molecule has 0 aromatic rings. The number of unbranched alkanes of at least 4 members (excludes halogenated alkanes) is 16. The lowest BCUT2D eigenvalue weighted by molar-refractivity contribution is -0.232. The first-order chi connectivity index (χ1) is 12.3. The van der Waals surface area contributed by atoms with E-state index in [1.54, 1.807) is 0 Å². The van der Waals surface area contributed by atoms with Crippen molar-refractivity contribution in [1.29, 1.82) is 0 Å². The summed E-state index contributed by atoms with van der Waals surface area (Å²) in [6, 6.07) is 0. The number of hydrogen-bond acceptors (Lipinski definition) is 2. The van der Waals surface area contributed by atoms with E-state index < -0.39 is 11.2 Å². The van der Waals surface area contributed by atoms with Crippen LogP contribution >= 0.6 is 0 Å². The Labute approximate surface area is 165 Å². The van der Waals surface area contributed by atoms with Crippen LogP contribution in [-0.2, 0) is 0 Å². The minimum atomic E-state index is -1.53. The molecule has 0 aliphatic rings. The largest absolute Gasteiger partial charge is 0.365 e. The maximum atomic E-state index is 10.0. The molecule has 0 saturated heterocycles. The normalized spacial score (nSPS) is 12.7. The molecule has 0 spiro atoms. The summed E-state index contributed by atoms with van der Waals surface area (Å²) in [5, 5.41) is 20.1. The second kappa shape index (κ2) is 15.9. The minimum absolute atomic E-state index is 0.456. The van der Waals surface area contributed by atoms with Gasteiger partial charge in [0.1, 0.15) is 0 Å². The molecule has 0 bridgehead atoms. The highest BCUT2D eigenvalue weighted by atomic mass is 16.5. The highest BCUT2D eigenvalue weighted by Crippen LogP contribution is 2.32. The van der Waals surface area contributed by atoms with E-state index in [-0.39, 0.29) is 0 Å². The Hall–Kier alpha value is -0.0800. The lowest BCUT2D eigenvalue weighted by atomic mass is 9.82. The van der Waals surface area contributed by atoms with Gasteiger partial charge in [-0.1, -0.05) is 130 Å². The van der Waals surface area contributed by atoms with Gasteiger partial charge in [-0.05, 0) is 6.42 Å². The van der Waals surface area contributed by atoms with Gasteiger partial charge in [0.25, 0.3) is 0 Å². The summed E-state index contributed by atoms with van der Waals surface area (Å²) in [6.07, 6.45) is 23.5. The Balaban J connectivity index is 3.21. The van der Waals surface area contributed by atoms with Crippen LogP contribution < -0.4 is 0 Å². The summed E-state index contributed by atoms with van der Waals surface area (Å²) < 4.78 is 0. The molecule has 0 aromatic heterocycles. The predicted octanol–water partition coefficient (Wildman–Crippen LogP) is 7.76. The van der Waals surface area contributed by atoms with E-state index >= 15 is 0 Å². The SMILES string of the molecule is CCCCCCCCCCCCCCCCCCCC(O)(O)C(C)(C)C. The molecule has 0 unspecified atom stereocenters. The van der Waals surface area contributed by atoms with Gasteiger partial charge < -0.3 is 10.2 Å². The molecule has 0 saturated carbocycles. The smallest absolute Gasteiger partial charge is 0.167 e. The van der Waals surface area contributed by atoms with E-state index in [0.717, 1.165) is 12.8 Å². The molecular weight excluding hydrogens is 320 g/mol. The zero-order valence-electron chi connectivity index (χ0n) is 18.6. The van der Waals surface area contributed by atoms with Crippen molar-refractivity contribution in [2.24, 2.45) is 5.41 Å². The van der Waals surface area contributed by atoms with Crippen molar-refractivity contribution in [2.75, 3.05) is 0 Å². The van der Waals surface area contributed by atoms with Crippen molar-refractivity contribution >= 4 is 0 Å². The van der Waals surface area contributed by atoms with Crippen LogP contribution in [0.2, 0.25) is 0 Å². The summed E-state index contributed by atoms with van der Waals surface area (Å²) >= 11 is 0. The number of rotatable bonds is 18. The Morgan fingerprint density at radius 1 is 0.462 bits per heavy atom. The molecule has 0 aromatic carbocycles. The highest BCUT2D eigenvalue weighted by Gasteiger charge is 2.36. The Morgan fingerprint density at radius 2 is 0.731 bits per heavy atom. The molecule has 0 amide bonds. The van der Waals surface area contributed by atoms with E-state index in [4.69, 9.17) is 0 Å². The van der Waals surface area contributed by atoms with Gasteiger partial charge in [0.05, 0.1) is 0 Å². The summed E-state index contributed by atoms with van der Waals surface area (Å²) in [5.74, 6) is -1.53. The van der Waals surface area contributed by atoms with Gasteiger partial charge in [0, 0.05) is 11.8 Å². The fourth-order valence-corrected chi connectivity index (χ4v) is 3.47. The van der Waals surface area contributed by atoms with Gasteiger partial charge in [0.2, 0.25) is 0 Å². The molecule has 0 heterocycles. The lowest BCUT2D eigenvalue weighted by Crippen LogP contribution is -2.42. The van der Waals surface area contributed by atoms with E-state index in [9.17, 15) is 10.2 Å². The van der Waals surface area contributed by atoms with Crippen LogP contribution in [0, 0.1) is 5.41 Å². The Morgan fingerprint density at radius 3 is 1.00 bits per heavy atom. The monoisotopic (exact) mass is 370 g/mol. The first-order valence-electron chi connectivity index (χ1n) is 11.8. The van der Waals surface area contributed by atoms with E-state index in [2.05, 4.69) is 6.92 Å². The van der Waals surface area contributed by atoms with Crippen molar-refractivity contribution < 1.29 is 10.2 Å². The third-order valence-electron chi connectivity index (χ3n) is 5.83. The standard InChI is InChI=1S/C24H50O2/c1-5-6-7-8-9-10-11-12-13-14-15-16-17-18-19-20-21-22-24(25,26)23(2,3)4/h25-26H,5-22H2,1-4H3. The van der Waals surface area contributed by atoms with Crippen molar-refractivity contribution in [3.05, 3.63) is 0 Å². The van der Waals surface area contributed by atoms with Crippen LogP contribution in [0.25, 0.3) is 0 Å². The quantitative estimate of drug-likeness (QED) is 0.191. The van der Waals surface area contributed by atoms with Crippen molar-refractivity contribution in [2.45, 2.75) is 149 Å². The zero-order chi connectivity index (χ0) is 19.7. The van der Waals surface area contributed by atoms with Crippen LogP contribution in [0.1, 0.15) is 143 Å². The van der Waals surface area contributed by atoms with Crippen molar-refractivity contribution in [3.8, 4) is 0 Å². The average Bonchev–Trinajstić information content (AvgIpc) is 2.56. The first-order valence-corrected chi connectivity index (χ1v) is 11.8. The molecule has 0 aliphatic carbocycles. The second-order valence-electron chi connectivity index (χ2n) is 9.47. The molecule has 26 heavy (non-hydrogen) atoms. The summed E-state index contributed by atoms with van der Waals surface area (Å²) in [4.78, 5) is 0. The molecule has 0 aliphatic heterocycles. The third kappa shape index (κ3) is 15.0. The maximum absolute atomic E-state index is 10.0. The van der Waals surface area contributed by atoms with Gasteiger partial charge in [-0.15, -0.1) is 0 Å². The van der Waals surface area contributed by atoms with Crippen LogP contribution in [0.4, 0.5) is 0 Å². The fraction of sp³-hybridized carbons (Fsp3) is 1.00. The van der Waals surface area contributed by atoms with Crippen LogP contribution in [-0.4, -0.2) is 16.0 Å². The molecule has 2 N–H and O–H groups in total. The van der Waals surface area contributed by atoms with Crippen LogP contribution in [0.5, 0.6) is 0 Å². The highest BCUT2D eigenvalue weighted by molar-refractivity contribution is 4.79. The van der Waals surface area contributed by atoms with Crippen LogP contribution in [0.15, 0.2) is 0 Å². The average molecular weight is 371 g/mol. The maximum Gasteiger partial charge on any atom is 0.167 e. The van der Waals surface area contributed by atoms with Gasteiger partial charge in [-0.3, -0.25) is 0 Å². The molecule has 158 valence electrons.